The van der Waals surface area contributed by atoms with E-state index in [1.54, 1.807) is 25.2 Å². The van der Waals surface area contributed by atoms with E-state index >= 15 is 0 Å². The molecule has 8 heteroatoms. The number of nitrogens with one attached hydrogen (secondary N) is 1. The molecule has 0 aromatic heterocycles. The molecule has 6 nitrogen and oxygen atoms in total. The largest absolute Gasteiger partial charge is 0.495 e. The second-order valence-corrected chi connectivity index (χ2v) is 8.36. The molecule has 1 aliphatic rings. The van der Waals surface area contributed by atoms with Crippen LogP contribution in [0.15, 0.2) is 41.4 Å². The number of ether oxygens (including phenoxy) is 1. The van der Waals surface area contributed by atoms with Gasteiger partial charge in [-0.2, -0.15) is 0 Å². The third kappa shape index (κ3) is 4.92. The van der Waals surface area contributed by atoms with E-state index in [9.17, 15) is 9.59 Å². The van der Waals surface area contributed by atoms with Crippen molar-refractivity contribution in [1.29, 1.82) is 0 Å². The zero-order valence-electron chi connectivity index (χ0n) is 16.7. The molecule has 1 aliphatic heterocycles. The van der Waals surface area contributed by atoms with Crippen molar-refractivity contribution in [2.24, 2.45) is 4.99 Å². The molecular formula is C21H22ClN3O3S. The Kier molecular flexibility index (Phi) is 6.49. The average molecular weight is 432 g/mol. The SMILES string of the molecule is COc1ccc(N=C2SC(C(=O)Nc3ccc(C)cc3C)CC(=O)N2C)cc1Cl. The van der Waals surface area contributed by atoms with Gasteiger partial charge in [0.2, 0.25) is 11.8 Å². The first kappa shape index (κ1) is 21.2. The van der Waals surface area contributed by atoms with E-state index in [2.05, 4.69) is 10.3 Å². The predicted octanol–water partition coefficient (Wildman–Crippen LogP) is 4.56. The number of hydrogen-bond acceptors (Lipinski definition) is 5. The smallest absolute Gasteiger partial charge is 0.238 e. The van der Waals surface area contributed by atoms with Gasteiger partial charge in [-0.15, -0.1) is 0 Å². The number of nitrogens with zero attached hydrogens (tertiary/aromatic N) is 2. The third-order valence-electron chi connectivity index (χ3n) is 4.56. The zero-order chi connectivity index (χ0) is 21.1. The van der Waals surface area contributed by atoms with Gasteiger partial charge in [-0.25, -0.2) is 4.99 Å². The Hall–Kier alpha value is -2.51. The molecule has 1 N–H and O–H groups in total. The Morgan fingerprint density at radius 3 is 2.69 bits per heavy atom. The Morgan fingerprint density at radius 2 is 2.03 bits per heavy atom. The normalized spacial score (nSPS) is 18.1. The first-order valence-corrected chi connectivity index (χ1v) is 10.3. The zero-order valence-corrected chi connectivity index (χ0v) is 18.2. The monoisotopic (exact) mass is 431 g/mol. The molecular weight excluding hydrogens is 410 g/mol. The van der Waals surface area contributed by atoms with Crippen LogP contribution >= 0.6 is 23.4 Å². The Labute approximate surface area is 179 Å². The summed E-state index contributed by atoms with van der Waals surface area (Å²) in [6.07, 6.45) is 0.111. The van der Waals surface area contributed by atoms with Gasteiger partial charge in [0.25, 0.3) is 0 Å². The lowest BCUT2D eigenvalue weighted by molar-refractivity contribution is -0.128. The summed E-state index contributed by atoms with van der Waals surface area (Å²) in [7, 11) is 3.19. The Morgan fingerprint density at radius 1 is 1.28 bits per heavy atom. The van der Waals surface area contributed by atoms with E-state index in [0.717, 1.165) is 16.8 Å². The van der Waals surface area contributed by atoms with Gasteiger partial charge in [0.15, 0.2) is 5.17 Å². The summed E-state index contributed by atoms with van der Waals surface area (Å²) in [6, 6.07) is 10.9. The van der Waals surface area contributed by atoms with Gasteiger partial charge in [0.05, 0.1) is 17.8 Å². The van der Waals surface area contributed by atoms with Gasteiger partial charge in [-0.3, -0.25) is 14.5 Å². The van der Waals surface area contributed by atoms with Crippen molar-refractivity contribution >= 4 is 51.7 Å². The van der Waals surface area contributed by atoms with Crippen LogP contribution in [-0.2, 0) is 9.59 Å². The second-order valence-electron chi connectivity index (χ2n) is 6.78. The molecule has 0 aliphatic carbocycles. The molecule has 0 bridgehead atoms. The van der Waals surface area contributed by atoms with Crippen LogP contribution in [0.4, 0.5) is 11.4 Å². The number of carbonyl (C=O) groups is 2. The molecule has 2 aromatic carbocycles. The lowest BCUT2D eigenvalue weighted by Crippen LogP contribution is -2.43. The average Bonchev–Trinajstić information content (AvgIpc) is 2.67. The topological polar surface area (TPSA) is 71.0 Å². The van der Waals surface area contributed by atoms with E-state index in [-0.39, 0.29) is 18.2 Å². The number of hydrogen-bond donors (Lipinski definition) is 1. The van der Waals surface area contributed by atoms with Crippen LogP contribution in [0, 0.1) is 13.8 Å². The maximum absolute atomic E-state index is 12.8. The van der Waals surface area contributed by atoms with Crippen molar-refractivity contribution < 1.29 is 14.3 Å². The highest BCUT2D eigenvalue weighted by atomic mass is 35.5. The number of amidine groups is 1. The van der Waals surface area contributed by atoms with Gasteiger partial charge >= 0.3 is 0 Å². The third-order valence-corrected chi connectivity index (χ3v) is 6.10. The van der Waals surface area contributed by atoms with Gasteiger partial charge in [0, 0.05) is 19.2 Å². The number of anilines is 1. The number of benzene rings is 2. The van der Waals surface area contributed by atoms with E-state index in [0.29, 0.717) is 21.6 Å². The molecule has 2 amide bonds. The first-order chi connectivity index (χ1) is 13.8. The Balaban J connectivity index is 1.80. The fourth-order valence-electron chi connectivity index (χ4n) is 2.90. The van der Waals surface area contributed by atoms with Gasteiger partial charge < -0.3 is 10.1 Å². The van der Waals surface area contributed by atoms with Gasteiger partial charge in [-0.1, -0.05) is 41.1 Å². The second kappa shape index (κ2) is 8.88. The van der Waals surface area contributed by atoms with Crippen LogP contribution in [-0.4, -0.2) is 41.3 Å². The molecule has 1 unspecified atom stereocenters. The molecule has 2 aromatic rings. The lowest BCUT2D eigenvalue weighted by Gasteiger charge is -2.29. The number of halogens is 1. The minimum Gasteiger partial charge on any atom is -0.495 e. The van der Waals surface area contributed by atoms with Gasteiger partial charge in [-0.05, 0) is 43.7 Å². The maximum atomic E-state index is 12.8. The maximum Gasteiger partial charge on any atom is 0.238 e. The van der Waals surface area contributed by atoms with Crippen molar-refractivity contribution in [3.05, 3.63) is 52.5 Å². The number of rotatable bonds is 4. The molecule has 0 radical (unpaired) electrons. The lowest BCUT2D eigenvalue weighted by atomic mass is 10.1. The number of methoxy groups -OCH3 is 1. The molecule has 29 heavy (non-hydrogen) atoms. The van der Waals surface area contributed by atoms with Crippen LogP contribution in [0.25, 0.3) is 0 Å². The molecule has 1 fully saturated rings. The van der Waals surface area contributed by atoms with Crippen LogP contribution in [0.2, 0.25) is 5.02 Å². The first-order valence-electron chi connectivity index (χ1n) is 9.02. The highest BCUT2D eigenvalue weighted by Crippen LogP contribution is 2.32. The van der Waals surface area contributed by atoms with Crippen LogP contribution in [0.1, 0.15) is 17.5 Å². The highest BCUT2D eigenvalue weighted by Gasteiger charge is 2.34. The molecule has 1 atom stereocenters. The summed E-state index contributed by atoms with van der Waals surface area (Å²) in [4.78, 5) is 31.2. The van der Waals surface area contributed by atoms with Crippen molar-refractivity contribution in [1.82, 2.24) is 4.90 Å². The number of aryl methyl sites for hydroxylation is 2. The summed E-state index contributed by atoms with van der Waals surface area (Å²) in [5.41, 5.74) is 3.42. The Bertz CT molecular complexity index is 993. The predicted molar refractivity (Wildman–Crippen MR) is 118 cm³/mol. The molecule has 0 saturated carbocycles. The van der Waals surface area contributed by atoms with Crippen molar-refractivity contribution in [2.45, 2.75) is 25.5 Å². The van der Waals surface area contributed by atoms with Crippen LogP contribution < -0.4 is 10.1 Å². The number of carbonyl (C=O) groups excluding carboxylic acids is 2. The van der Waals surface area contributed by atoms with E-state index in [4.69, 9.17) is 16.3 Å². The summed E-state index contributed by atoms with van der Waals surface area (Å²) in [6.45, 7) is 3.94. The van der Waals surface area contributed by atoms with Crippen molar-refractivity contribution in [3.63, 3.8) is 0 Å². The number of thioether (sulfide) groups is 1. The molecule has 3 rings (SSSR count). The fraction of sp³-hybridized carbons (Fsp3) is 0.286. The number of aliphatic imine (C=N–C) groups is 1. The van der Waals surface area contributed by atoms with E-state index in [1.807, 2.05) is 32.0 Å². The van der Waals surface area contributed by atoms with Crippen molar-refractivity contribution in [2.75, 3.05) is 19.5 Å². The summed E-state index contributed by atoms with van der Waals surface area (Å²) < 4.78 is 5.15. The summed E-state index contributed by atoms with van der Waals surface area (Å²) in [5.74, 6) is 0.161. The van der Waals surface area contributed by atoms with Gasteiger partial charge in [0.1, 0.15) is 11.0 Å². The minimum atomic E-state index is -0.563. The van der Waals surface area contributed by atoms with Crippen LogP contribution in [0.3, 0.4) is 0 Å². The molecule has 0 spiro atoms. The summed E-state index contributed by atoms with van der Waals surface area (Å²) in [5, 5.41) is 3.24. The standard InChI is InChI=1S/C21H22ClN3O3S/c1-12-5-7-16(13(2)9-12)24-20(27)18-11-19(26)25(3)21(29-18)23-14-6-8-17(28-4)15(22)10-14/h5-10,18H,11H2,1-4H3,(H,24,27). The van der Waals surface area contributed by atoms with Crippen LogP contribution in [0.5, 0.6) is 5.75 Å². The quantitative estimate of drug-likeness (QED) is 0.770. The number of amides is 2. The molecule has 1 saturated heterocycles. The van der Waals surface area contributed by atoms with Crippen molar-refractivity contribution in [3.8, 4) is 5.75 Å². The molecule has 152 valence electrons. The fourth-order valence-corrected chi connectivity index (χ4v) is 4.22. The summed E-state index contributed by atoms with van der Waals surface area (Å²) >= 11 is 7.42. The van der Waals surface area contributed by atoms with E-state index in [1.165, 1.54) is 23.8 Å². The highest BCUT2D eigenvalue weighted by molar-refractivity contribution is 8.15. The minimum absolute atomic E-state index is 0.111. The molecule has 1 heterocycles. The van der Waals surface area contributed by atoms with E-state index < -0.39 is 5.25 Å².